The lowest BCUT2D eigenvalue weighted by molar-refractivity contribution is 0.503. The van der Waals surface area contributed by atoms with Gasteiger partial charge >= 0.3 is 0 Å². The number of fused-ring (bicyclic) bond motifs is 1. The Hall–Kier alpha value is -1.61. The highest BCUT2D eigenvalue weighted by atomic mass is 15.2. The van der Waals surface area contributed by atoms with Crippen LogP contribution in [0, 0.1) is 5.92 Å². The summed E-state index contributed by atoms with van der Waals surface area (Å²) in [7, 11) is 2.13. The van der Waals surface area contributed by atoms with Crippen LogP contribution >= 0.6 is 0 Å². The van der Waals surface area contributed by atoms with Crippen molar-refractivity contribution in [3.05, 3.63) is 36.0 Å². The van der Waals surface area contributed by atoms with Gasteiger partial charge in [-0.1, -0.05) is 38.1 Å². The third-order valence-electron chi connectivity index (χ3n) is 3.88. The normalized spacial score (nSPS) is 12.9. The molecule has 1 aromatic carbocycles. The van der Waals surface area contributed by atoms with Gasteiger partial charge in [0.15, 0.2) is 0 Å². The van der Waals surface area contributed by atoms with Gasteiger partial charge in [-0.2, -0.15) is 0 Å². The van der Waals surface area contributed by atoms with E-state index in [4.69, 9.17) is 5.73 Å². The minimum absolute atomic E-state index is 0.467. The Balaban J connectivity index is 2.44. The summed E-state index contributed by atoms with van der Waals surface area (Å²) in [6.07, 6.45) is 3.07. The van der Waals surface area contributed by atoms with Crippen molar-refractivity contribution >= 4 is 16.6 Å². The van der Waals surface area contributed by atoms with Gasteiger partial charge in [-0.25, -0.2) is 4.98 Å². The highest BCUT2D eigenvalue weighted by molar-refractivity contribution is 5.94. The van der Waals surface area contributed by atoms with Crippen molar-refractivity contribution in [3.8, 4) is 0 Å². The lowest BCUT2D eigenvalue weighted by Gasteiger charge is -2.28. The van der Waals surface area contributed by atoms with Gasteiger partial charge in [0.1, 0.15) is 5.82 Å². The van der Waals surface area contributed by atoms with Gasteiger partial charge in [0, 0.05) is 31.2 Å². The third kappa shape index (κ3) is 2.93. The van der Waals surface area contributed by atoms with Crippen molar-refractivity contribution in [2.24, 2.45) is 11.7 Å². The molecule has 108 valence electrons. The summed E-state index contributed by atoms with van der Waals surface area (Å²) in [6.45, 7) is 7.30. The van der Waals surface area contributed by atoms with Crippen LogP contribution in [-0.4, -0.2) is 18.1 Å². The summed E-state index contributed by atoms with van der Waals surface area (Å²) in [6, 6.07) is 8.85. The first-order valence-electron chi connectivity index (χ1n) is 7.34. The summed E-state index contributed by atoms with van der Waals surface area (Å²) < 4.78 is 0. The Morgan fingerprint density at radius 2 is 1.80 bits per heavy atom. The molecule has 1 unspecified atom stereocenters. The molecule has 0 amide bonds. The summed E-state index contributed by atoms with van der Waals surface area (Å²) in [5.74, 6) is 1.73. The number of benzene rings is 1. The van der Waals surface area contributed by atoms with Crippen LogP contribution in [0.15, 0.2) is 30.5 Å². The molecule has 0 radical (unpaired) electrons. The second kappa shape index (κ2) is 6.23. The molecule has 0 aliphatic carbocycles. The Morgan fingerprint density at radius 1 is 1.15 bits per heavy atom. The quantitative estimate of drug-likeness (QED) is 0.904. The van der Waals surface area contributed by atoms with E-state index in [0.29, 0.717) is 18.5 Å². The Morgan fingerprint density at radius 3 is 2.40 bits per heavy atom. The zero-order valence-electron chi connectivity index (χ0n) is 12.9. The lowest BCUT2D eigenvalue weighted by atomic mass is 10.0. The molecule has 0 aliphatic rings. The smallest absolute Gasteiger partial charge is 0.136 e. The van der Waals surface area contributed by atoms with Crippen molar-refractivity contribution < 1.29 is 0 Å². The predicted octanol–water partition coefficient (Wildman–Crippen LogP) is 3.56. The number of anilines is 1. The van der Waals surface area contributed by atoms with Crippen molar-refractivity contribution in [2.45, 2.75) is 39.8 Å². The third-order valence-corrected chi connectivity index (χ3v) is 3.88. The molecule has 0 saturated carbocycles. The van der Waals surface area contributed by atoms with Crippen molar-refractivity contribution in [3.63, 3.8) is 0 Å². The van der Waals surface area contributed by atoms with Gasteiger partial charge in [-0.05, 0) is 30.2 Å². The average molecular weight is 271 g/mol. The van der Waals surface area contributed by atoms with E-state index in [0.717, 1.165) is 17.8 Å². The van der Waals surface area contributed by atoms with Gasteiger partial charge in [0.05, 0.1) is 0 Å². The lowest BCUT2D eigenvalue weighted by Crippen LogP contribution is -2.31. The van der Waals surface area contributed by atoms with Crippen LogP contribution < -0.4 is 10.6 Å². The van der Waals surface area contributed by atoms with Gasteiger partial charge in [-0.3, -0.25) is 0 Å². The maximum atomic E-state index is 5.81. The minimum atomic E-state index is 0.467. The van der Waals surface area contributed by atoms with Crippen molar-refractivity contribution in [1.82, 2.24) is 4.98 Å². The molecular formula is C17H25N3. The standard InChI is InChI=1S/C17H25N3/c1-12(2)9-13(3)20(4)17-16-8-6-5-7-15(16)14(10-18)11-19-17/h5-8,11-13H,9-10,18H2,1-4H3. The van der Waals surface area contributed by atoms with Crippen molar-refractivity contribution in [1.29, 1.82) is 0 Å². The highest BCUT2D eigenvalue weighted by Crippen LogP contribution is 2.28. The molecule has 20 heavy (non-hydrogen) atoms. The van der Waals surface area contributed by atoms with E-state index in [1.165, 1.54) is 10.8 Å². The fourth-order valence-electron chi connectivity index (χ4n) is 2.73. The van der Waals surface area contributed by atoms with Crippen LogP contribution in [0.25, 0.3) is 10.8 Å². The Kier molecular flexibility index (Phi) is 4.61. The molecule has 2 rings (SSSR count). The van der Waals surface area contributed by atoms with E-state index >= 15 is 0 Å². The van der Waals surface area contributed by atoms with Gasteiger partial charge in [-0.15, -0.1) is 0 Å². The van der Waals surface area contributed by atoms with E-state index in [1.54, 1.807) is 0 Å². The number of aromatic nitrogens is 1. The second-order valence-corrected chi connectivity index (χ2v) is 5.95. The highest BCUT2D eigenvalue weighted by Gasteiger charge is 2.16. The Labute approximate surface area is 121 Å². The SMILES string of the molecule is CC(C)CC(C)N(C)c1ncc(CN)c2ccccc12. The molecule has 1 heterocycles. The molecule has 0 aliphatic heterocycles. The molecule has 2 aromatic rings. The van der Waals surface area contributed by atoms with Crippen LogP contribution in [0.2, 0.25) is 0 Å². The van der Waals surface area contributed by atoms with Gasteiger partial charge in [0.2, 0.25) is 0 Å². The largest absolute Gasteiger partial charge is 0.356 e. The topological polar surface area (TPSA) is 42.2 Å². The van der Waals surface area contributed by atoms with Crippen LogP contribution in [0.3, 0.4) is 0 Å². The maximum Gasteiger partial charge on any atom is 0.136 e. The first-order chi connectivity index (χ1) is 9.54. The monoisotopic (exact) mass is 271 g/mol. The molecule has 0 bridgehead atoms. The van der Waals surface area contributed by atoms with Gasteiger partial charge in [0.25, 0.3) is 0 Å². The zero-order chi connectivity index (χ0) is 14.7. The number of hydrogen-bond acceptors (Lipinski definition) is 3. The molecule has 1 aromatic heterocycles. The summed E-state index contributed by atoms with van der Waals surface area (Å²) in [5, 5.41) is 2.40. The first kappa shape index (κ1) is 14.8. The second-order valence-electron chi connectivity index (χ2n) is 5.95. The van der Waals surface area contributed by atoms with E-state index < -0.39 is 0 Å². The van der Waals surface area contributed by atoms with Crippen molar-refractivity contribution in [2.75, 3.05) is 11.9 Å². The molecule has 3 heteroatoms. The number of hydrogen-bond donors (Lipinski definition) is 1. The molecule has 0 saturated heterocycles. The predicted molar refractivity (Wildman–Crippen MR) is 87.0 cm³/mol. The van der Waals surface area contributed by atoms with Crippen LogP contribution in [0.4, 0.5) is 5.82 Å². The average Bonchev–Trinajstić information content (AvgIpc) is 2.44. The number of nitrogens with zero attached hydrogens (tertiary/aromatic N) is 2. The summed E-state index contributed by atoms with van der Waals surface area (Å²) in [4.78, 5) is 6.93. The molecule has 3 nitrogen and oxygen atoms in total. The van der Waals surface area contributed by atoms with Gasteiger partial charge < -0.3 is 10.6 Å². The molecular weight excluding hydrogens is 246 g/mol. The first-order valence-corrected chi connectivity index (χ1v) is 7.34. The van der Waals surface area contributed by atoms with Crippen LogP contribution in [-0.2, 0) is 6.54 Å². The van der Waals surface area contributed by atoms with Crippen LogP contribution in [0.1, 0.15) is 32.8 Å². The van der Waals surface area contributed by atoms with E-state index in [9.17, 15) is 0 Å². The fourth-order valence-corrected chi connectivity index (χ4v) is 2.73. The van der Waals surface area contributed by atoms with E-state index in [2.05, 4.69) is 62.0 Å². The molecule has 1 atom stereocenters. The minimum Gasteiger partial charge on any atom is -0.356 e. The molecule has 0 fully saturated rings. The summed E-state index contributed by atoms with van der Waals surface area (Å²) >= 11 is 0. The molecule has 2 N–H and O–H groups in total. The summed E-state index contributed by atoms with van der Waals surface area (Å²) in [5.41, 5.74) is 6.92. The van der Waals surface area contributed by atoms with E-state index in [1.807, 2.05) is 6.20 Å². The molecule has 0 spiro atoms. The zero-order valence-corrected chi connectivity index (χ0v) is 12.9. The number of nitrogens with two attached hydrogens (primary N) is 1. The van der Waals surface area contributed by atoms with Crippen LogP contribution in [0.5, 0.6) is 0 Å². The Bertz CT molecular complexity index is 577. The number of rotatable bonds is 5. The fraction of sp³-hybridized carbons (Fsp3) is 0.471. The number of pyridine rings is 1. The maximum absolute atomic E-state index is 5.81. The van der Waals surface area contributed by atoms with E-state index in [-0.39, 0.29) is 0 Å².